The highest BCUT2D eigenvalue weighted by molar-refractivity contribution is 5.94. The first-order valence-corrected chi connectivity index (χ1v) is 9.14. The van der Waals surface area contributed by atoms with E-state index in [1.807, 2.05) is 44.0 Å². The van der Waals surface area contributed by atoms with Gasteiger partial charge in [0.1, 0.15) is 5.82 Å². The first-order chi connectivity index (χ1) is 13.0. The van der Waals surface area contributed by atoms with Crippen LogP contribution in [0.4, 0.5) is 4.39 Å². The molecule has 0 radical (unpaired) electrons. The fourth-order valence-electron chi connectivity index (χ4n) is 2.65. The predicted octanol–water partition coefficient (Wildman–Crippen LogP) is 3.17. The smallest absolute Gasteiger partial charge is 0.251 e. The SMILES string of the molecule is CCNC(=O)c1cccc(CN=C(NCC)N(C)Cc2ccc(F)cc2)c1. The molecule has 0 fully saturated rings. The van der Waals surface area contributed by atoms with Crippen molar-refractivity contribution >= 4 is 11.9 Å². The van der Waals surface area contributed by atoms with E-state index in [0.717, 1.165) is 23.6 Å². The largest absolute Gasteiger partial charge is 0.357 e. The Kier molecular flexibility index (Phi) is 7.79. The second-order valence-corrected chi connectivity index (χ2v) is 6.21. The zero-order valence-corrected chi connectivity index (χ0v) is 16.1. The standard InChI is InChI=1S/C21H27FN4O/c1-4-23-20(27)18-8-6-7-17(13-18)14-25-21(24-5-2)26(3)15-16-9-11-19(22)12-10-16/h6-13H,4-5,14-15H2,1-3H3,(H,23,27)(H,24,25). The number of carbonyl (C=O) groups is 1. The van der Waals surface area contributed by atoms with E-state index in [9.17, 15) is 9.18 Å². The number of nitrogens with zero attached hydrogens (tertiary/aromatic N) is 2. The van der Waals surface area contributed by atoms with Crippen LogP contribution in [0.5, 0.6) is 0 Å². The van der Waals surface area contributed by atoms with Gasteiger partial charge in [0.15, 0.2) is 5.96 Å². The lowest BCUT2D eigenvalue weighted by Gasteiger charge is -2.22. The molecule has 0 aromatic heterocycles. The Balaban J connectivity index is 2.09. The lowest BCUT2D eigenvalue weighted by atomic mass is 10.1. The minimum Gasteiger partial charge on any atom is -0.357 e. The van der Waals surface area contributed by atoms with Gasteiger partial charge in [0.25, 0.3) is 5.91 Å². The van der Waals surface area contributed by atoms with Crippen molar-refractivity contribution in [2.75, 3.05) is 20.1 Å². The Hall–Kier alpha value is -2.89. The summed E-state index contributed by atoms with van der Waals surface area (Å²) in [5.74, 6) is 0.433. The molecule has 27 heavy (non-hydrogen) atoms. The van der Waals surface area contributed by atoms with Crippen molar-refractivity contribution in [1.29, 1.82) is 0 Å². The fraction of sp³-hybridized carbons (Fsp3) is 0.333. The quantitative estimate of drug-likeness (QED) is 0.581. The maximum Gasteiger partial charge on any atom is 0.251 e. The molecule has 6 heteroatoms. The summed E-state index contributed by atoms with van der Waals surface area (Å²) in [5, 5.41) is 6.07. The van der Waals surface area contributed by atoms with E-state index in [1.165, 1.54) is 12.1 Å². The molecule has 0 unspecified atom stereocenters. The number of carbonyl (C=O) groups excluding carboxylic acids is 1. The van der Waals surface area contributed by atoms with Gasteiger partial charge >= 0.3 is 0 Å². The molecule has 0 saturated heterocycles. The Morgan fingerprint density at radius 2 is 1.74 bits per heavy atom. The van der Waals surface area contributed by atoms with Gasteiger partial charge in [0.2, 0.25) is 0 Å². The highest BCUT2D eigenvalue weighted by Gasteiger charge is 2.08. The van der Waals surface area contributed by atoms with E-state index in [0.29, 0.717) is 25.2 Å². The Labute approximate surface area is 160 Å². The lowest BCUT2D eigenvalue weighted by molar-refractivity contribution is 0.0955. The number of hydrogen-bond donors (Lipinski definition) is 2. The van der Waals surface area contributed by atoms with Crippen molar-refractivity contribution in [2.45, 2.75) is 26.9 Å². The summed E-state index contributed by atoms with van der Waals surface area (Å²) >= 11 is 0. The predicted molar refractivity (Wildman–Crippen MR) is 107 cm³/mol. The monoisotopic (exact) mass is 370 g/mol. The van der Waals surface area contributed by atoms with Crippen LogP contribution in [0.2, 0.25) is 0 Å². The molecule has 144 valence electrons. The molecule has 0 aliphatic heterocycles. The number of guanidine groups is 1. The number of aliphatic imine (C=N–C) groups is 1. The van der Waals surface area contributed by atoms with E-state index in [1.54, 1.807) is 18.2 Å². The molecule has 0 aliphatic rings. The van der Waals surface area contributed by atoms with Crippen molar-refractivity contribution in [2.24, 2.45) is 4.99 Å². The van der Waals surface area contributed by atoms with Crippen LogP contribution in [0.3, 0.4) is 0 Å². The fourth-order valence-corrected chi connectivity index (χ4v) is 2.65. The van der Waals surface area contributed by atoms with Crippen molar-refractivity contribution in [3.05, 3.63) is 71.0 Å². The average molecular weight is 370 g/mol. The number of nitrogens with one attached hydrogen (secondary N) is 2. The molecule has 5 nitrogen and oxygen atoms in total. The van der Waals surface area contributed by atoms with Crippen molar-refractivity contribution in [3.63, 3.8) is 0 Å². The topological polar surface area (TPSA) is 56.7 Å². The van der Waals surface area contributed by atoms with E-state index < -0.39 is 0 Å². The third-order valence-electron chi connectivity index (χ3n) is 3.97. The molecule has 0 spiro atoms. The molecular weight excluding hydrogens is 343 g/mol. The van der Waals surface area contributed by atoms with Crippen LogP contribution in [0.25, 0.3) is 0 Å². The minimum absolute atomic E-state index is 0.0799. The highest BCUT2D eigenvalue weighted by Crippen LogP contribution is 2.09. The van der Waals surface area contributed by atoms with E-state index in [2.05, 4.69) is 15.6 Å². The first kappa shape index (κ1) is 20.4. The maximum absolute atomic E-state index is 13.1. The minimum atomic E-state index is -0.242. The second-order valence-electron chi connectivity index (χ2n) is 6.21. The van der Waals surface area contributed by atoms with E-state index in [-0.39, 0.29) is 11.7 Å². The van der Waals surface area contributed by atoms with Gasteiger partial charge in [-0.05, 0) is 49.2 Å². The van der Waals surface area contributed by atoms with Gasteiger partial charge in [-0.2, -0.15) is 0 Å². The van der Waals surface area contributed by atoms with Crippen LogP contribution in [-0.4, -0.2) is 36.9 Å². The zero-order valence-electron chi connectivity index (χ0n) is 16.1. The molecule has 1 amide bonds. The molecule has 0 saturated carbocycles. The zero-order chi connectivity index (χ0) is 19.6. The van der Waals surface area contributed by atoms with Crippen molar-refractivity contribution < 1.29 is 9.18 Å². The molecule has 2 rings (SSSR count). The summed E-state index contributed by atoms with van der Waals surface area (Å²) in [4.78, 5) is 18.6. The van der Waals surface area contributed by atoms with Gasteiger partial charge in [-0.3, -0.25) is 4.79 Å². The lowest BCUT2D eigenvalue weighted by Crippen LogP contribution is -2.38. The van der Waals surface area contributed by atoms with Crippen LogP contribution in [0.1, 0.15) is 35.3 Å². The molecule has 0 heterocycles. The molecule has 0 bridgehead atoms. The number of hydrogen-bond acceptors (Lipinski definition) is 2. The first-order valence-electron chi connectivity index (χ1n) is 9.14. The summed E-state index contributed by atoms with van der Waals surface area (Å²) in [6.07, 6.45) is 0. The number of benzene rings is 2. The van der Waals surface area contributed by atoms with Crippen molar-refractivity contribution in [3.8, 4) is 0 Å². The van der Waals surface area contributed by atoms with Gasteiger partial charge in [-0.15, -0.1) is 0 Å². The van der Waals surface area contributed by atoms with Gasteiger partial charge in [-0.25, -0.2) is 9.38 Å². The Bertz CT molecular complexity index is 774. The van der Waals surface area contributed by atoms with Gasteiger partial charge in [0.05, 0.1) is 6.54 Å². The summed E-state index contributed by atoms with van der Waals surface area (Å²) in [5.41, 5.74) is 2.60. The second kappa shape index (κ2) is 10.3. The summed E-state index contributed by atoms with van der Waals surface area (Å²) in [6, 6.07) is 13.9. The van der Waals surface area contributed by atoms with Crippen LogP contribution in [-0.2, 0) is 13.1 Å². The van der Waals surface area contributed by atoms with Crippen LogP contribution in [0.15, 0.2) is 53.5 Å². The van der Waals surface area contributed by atoms with Gasteiger partial charge in [0, 0.05) is 32.2 Å². The van der Waals surface area contributed by atoms with Gasteiger partial charge < -0.3 is 15.5 Å². The van der Waals surface area contributed by atoms with E-state index >= 15 is 0 Å². The summed E-state index contributed by atoms with van der Waals surface area (Å²) in [6.45, 7) is 6.32. The van der Waals surface area contributed by atoms with Crippen LogP contribution in [0, 0.1) is 5.82 Å². The number of halogens is 1. The summed E-state index contributed by atoms with van der Waals surface area (Å²) < 4.78 is 13.1. The van der Waals surface area contributed by atoms with Crippen LogP contribution >= 0.6 is 0 Å². The molecule has 0 aliphatic carbocycles. The van der Waals surface area contributed by atoms with E-state index in [4.69, 9.17) is 0 Å². The third kappa shape index (κ3) is 6.40. The number of amides is 1. The van der Waals surface area contributed by atoms with Gasteiger partial charge in [-0.1, -0.05) is 24.3 Å². The number of rotatable bonds is 7. The van der Waals surface area contributed by atoms with Crippen LogP contribution < -0.4 is 10.6 Å². The third-order valence-corrected chi connectivity index (χ3v) is 3.97. The Morgan fingerprint density at radius 3 is 2.41 bits per heavy atom. The molecule has 2 N–H and O–H groups in total. The normalized spacial score (nSPS) is 11.2. The molecule has 0 atom stereocenters. The maximum atomic E-state index is 13.1. The summed E-state index contributed by atoms with van der Waals surface area (Å²) in [7, 11) is 1.94. The molecule has 2 aromatic carbocycles. The van der Waals surface area contributed by atoms with Crippen molar-refractivity contribution in [1.82, 2.24) is 15.5 Å². The molecule has 2 aromatic rings. The average Bonchev–Trinajstić information content (AvgIpc) is 2.67. The highest BCUT2D eigenvalue weighted by atomic mass is 19.1. The Morgan fingerprint density at radius 1 is 1.04 bits per heavy atom. The molecular formula is C21H27FN4O.